The second-order valence-corrected chi connectivity index (χ2v) is 7.82. The van der Waals surface area contributed by atoms with E-state index in [9.17, 15) is 14.9 Å². The number of rotatable bonds is 6. The number of methoxy groups -OCH3 is 1. The first-order valence-corrected chi connectivity index (χ1v) is 10.3. The standard InChI is InChI=1S/C23H29N3O4/c1-16-8-13-21(26(28)29)23(17(16)2)24-22(27)15-25-14-6-4-5-7-20(25)18-9-11-19(30-3)12-10-18/h8-13,20H,4-7,14-15H2,1-3H3,(H,24,27). The fourth-order valence-corrected chi connectivity index (χ4v) is 4.04. The molecule has 7 nitrogen and oxygen atoms in total. The van der Waals surface area contributed by atoms with Crippen LogP contribution in [0.15, 0.2) is 36.4 Å². The summed E-state index contributed by atoms with van der Waals surface area (Å²) >= 11 is 0. The van der Waals surface area contributed by atoms with Crippen molar-refractivity contribution in [2.24, 2.45) is 0 Å². The van der Waals surface area contributed by atoms with Gasteiger partial charge in [-0.2, -0.15) is 0 Å². The van der Waals surface area contributed by atoms with E-state index in [1.54, 1.807) is 20.1 Å². The van der Waals surface area contributed by atoms with Crippen molar-refractivity contribution in [1.29, 1.82) is 0 Å². The van der Waals surface area contributed by atoms with Crippen LogP contribution in [0.2, 0.25) is 0 Å². The Balaban J connectivity index is 1.80. The number of nitro benzene ring substituents is 1. The molecule has 1 atom stereocenters. The summed E-state index contributed by atoms with van der Waals surface area (Å²) in [6.45, 7) is 4.69. The van der Waals surface area contributed by atoms with Gasteiger partial charge >= 0.3 is 0 Å². The normalized spacial score (nSPS) is 17.2. The Morgan fingerprint density at radius 2 is 1.90 bits per heavy atom. The molecule has 0 radical (unpaired) electrons. The van der Waals surface area contributed by atoms with Crippen molar-refractivity contribution in [3.05, 3.63) is 63.2 Å². The number of amides is 1. The summed E-state index contributed by atoms with van der Waals surface area (Å²) in [5.41, 5.74) is 3.00. The van der Waals surface area contributed by atoms with Crippen LogP contribution in [-0.4, -0.2) is 35.9 Å². The van der Waals surface area contributed by atoms with E-state index < -0.39 is 4.92 Å². The predicted molar refractivity (Wildman–Crippen MR) is 117 cm³/mol. The molecule has 160 valence electrons. The molecule has 30 heavy (non-hydrogen) atoms. The van der Waals surface area contributed by atoms with Crippen LogP contribution in [0.3, 0.4) is 0 Å². The van der Waals surface area contributed by atoms with Crippen molar-refractivity contribution in [2.45, 2.75) is 45.6 Å². The Bertz CT molecular complexity index is 911. The molecule has 0 spiro atoms. The van der Waals surface area contributed by atoms with Crippen LogP contribution in [0, 0.1) is 24.0 Å². The van der Waals surface area contributed by atoms with E-state index in [-0.39, 0.29) is 24.2 Å². The third-order valence-electron chi connectivity index (χ3n) is 5.89. The molecule has 3 rings (SSSR count). The number of nitrogens with one attached hydrogen (secondary N) is 1. The maximum atomic E-state index is 12.9. The molecule has 1 fully saturated rings. The van der Waals surface area contributed by atoms with Crippen LogP contribution >= 0.6 is 0 Å². The van der Waals surface area contributed by atoms with Crippen LogP contribution in [-0.2, 0) is 4.79 Å². The predicted octanol–water partition coefficient (Wildman–Crippen LogP) is 4.78. The number of hydrogen-bond acceptors (Lipinski definition) is 5. The van der Waals surface area contributed by atoms with Gasteiger partial charge in [-0.05, 0) is 62.1 Å². The van der Waals surface area contributed by atoms with Gasteiger partial charge in [0.15, 0.2) is 0 Å². The highest BCUT2D eigenvalue weighted by Gasteiger charge is 2.26. The van der Waals surface area contributed by atoms with Crippen molar-refractivity contribution in [1.82, 2.24) is 4.90 Å². The summed E-state index contributed by atoms with van der Waals surface area (Å²) in [6.07, 6.45) is 4.25. The minimum absolute atomic E-state index is 0.0750. The lowest BCUT2D eigenvalue weighted by Gasteiger charge is -2.30. The summed E-state index contributed by atoms with van der Waals surface area (Å²) in [7, 11) is 1.64. The van der Waals surface area contributed by atoms with Crippen molar-refractivity contribution < 1.29 is 14.5 Å². The van der Waals surface area contributed by atoms with Gasteiger partial charge in [0.1, 0.15) is 11.4 Å². The first-order valence-electron chi connectivity index (χ1n) is 10.3. The fourth-order valence-electron chi connectivity index (χ4n) is 4.04. The van der Waals surface area contributed by atoms with Gasteiger partial charge < -0.3 is 10.1 Å². The fraction of sp³-hybridized carbons (Fsp3) is 0.435. The topological polar surface area (TPSA) is 84.7 Å². The Hall–Kier alpha value is -2.93. The first kappa shape index (κ1) is 21.8. The zero-order chi connectivity index (χ0) is 21.7. The van der Waals surface area contributed by atoms with Gasteiger partial charge in [0.2, 0.25) is 5.91 Å². The lowest BCUT2D eigenvalue weighted by atomic mass is 10.0. The molecule has 0 saturated carbocycles. The molecule has 1 amide bonds. The number of carbonyl (C=O) groups excluding carboxylic acids is 1. The number of nitro groups is 1. The summed E-state index contributed by atoms with van der Waals surface area (Å²) in [5, 5.41) is 14.2. The number of benzene rings is 2. The molecule has 0 aromatic heterocycles. The minimum atomic E-state index is -0.450. The Labute approximate surface area is 177 Å². The van der Waals surface area contributed by atoms with E-state index >= 15 is 0 Å². The third kappa shape index (κ3) is 4.97. The third-order valence-corrected chi connectivity index (χ3v) is 5.89. The Kier molecular flexibility index (Phi) is 7.05. The largest absolute Gasteiger partial charge is 0.497 e. The van der Waals surface area contributed by atoms with Crippen LogP contribution in [0.4, 0.5) is 11.4 Å². The van der Waals surface area contributed by atoms with Gasteiger partial charge in [-0.25, -0.2) is 0 Å². The molecule has 1 aliphatic heterocycles. The second-order valence-electron chi connectivity index (χ2n) is 7.82. The van der Waals surface area contributed by atoms with Crippen molar-refractivity contribution in [3.63, 3.8) is 0 Å². The van der Waals surface area contributed by atoms with Gasteiger partial charge in [0, 0.05) is 12.1 Å². The monoisotopic (exact) mass is 411 g/mol. The molecular formula is C23H29N3O4. The number of nitrogens with zero attached hydrogens (tertiary/aromatic N) is 2. The van der Waals surface area contributed by atoms with Crippen molar-refractivity contribution >= 4 is 17.3 Å². The van der Waals surface area contributed by atoms with Gasteiger partial charge in [0.05, 0.1) is 18.6 Å². The number of anilines is 1. The molecule has 7 heteroatoms. The van der Waals surface area contributed by atoms with Gasteiger partial charge in [-0.1, -0.05) is 31.0 Å². The van der Waals surface area contributed by atoms with E-state index in [4.69, 9.17) is 4.74 Å². The molecule has 0 aliphatic carbocycles. The van der Waals surface area contributed by atoms with Gasteiger partial charge in [-0.15, -0.1) is 0 Å². The zero-order valence-electron chi connectivity index (χ0n) is 17.8. The Morgan fingerprint density at radius 1 is 1.17 bits per heavy atom. The maximum absolute atomic E-state index is 12.9. The first-order chi connectivity index (χ1) is 14.4. The number of likely N-dealkylation sites (tertiary alicyclic amines) is 1. The molecule has 2 aromatic rings. The van der Waals surface area contributed by atoms with E-state index in [2.05, 4.69) is 22.3 Å². The van der Waals surface area contributed by atoms with Gasteiger partial charge in [0.25, 0.3) is 5.69 Å². The van der Waals surface area contributed by atoms with Crippen LogP contribution < -0.4 is 10.1 Å². The van der Waals surface area contributed by atoms with E-state index in [1.807, 2.05) is 19.1 Å². The summed E-state index contributed by atoms with van der Waals surface area (Å²) in [5.74, 6) is 0.575. The summed E-state index contributed by atoms with van der Waals surface area (Å²) in [4.78, 5) is 26.1. The van der Waals surface area contributed by atoms with E-state index in [1.165, 1.54) is 6.07 Å². The highest BCUT2D eigenvalue weighted by molar-refractivity contribution is 5.95. The van der Waals surface area contributed by atoms with Gasteiger partial charge in [-0.3, -0.25) is 19.8 Å². The van der Waals surface area contributed by atoms with Crippen molar-refractivity contribution in [3.8, 4) is 5.75 Å². The SMILES string of the molecule is COc1ccc(C2CCCCCN2CC(=O)Nc2c([N+](=O)[O-])ccc(C)c2C)cc1. The quantitative estimate of drug-likeness (QED) is 0.546. The average molecular weight is 412 g/mol. The summed E-state index contributed by atoms with van der Waals surface area (Å²) < 4.78 is 5.26. The maximum Gasteiger partial charge on any atom is 0.293 e. The molecule has 1 aliphatic rings. The lowest BCUT2D eigenvalue weighted by Crippen LogP contribution is -2.36. The second kappa shape index (κ2) is 9.71. The molecule has 1 saturated heterocycles. The van der Waals surface area contributed by atoms with Crippen LogP contribution in [0.5, 0.6) is 5.75 Å². The number of hydrogen-bond donors (Lipinski definition) is 1. The molecule has 1 heterocycles. The highest BCUT2D eigenvalue weighted by Crippen LogP contribution is 2.32. The number of ether oxygens (including phenoxy) is 1. The summed E-state index contributed by atoms with van der Waals surface area (Å²) in [6, 6.07) is 11.3. The van der Waals surface area contributed by atoms with E-state index in [0.29, 0.717) is 5.69 Å². The molecule has 1 unspecified atom stereocenters. The molecule has 2 aromatic carbocycles. The number of aryl methyl sites for hydroxylation is 1. The average Bonchev–Trinajstić information content (AvgIpc) is 2.96. The molecule has 1 N–H and O–H groups in total. The van der Waals surface area contributed by atoms with Crippen LogP contribution in [0.25, 0.3) is 0 Å². The van der Waals surface area contributed by atoms with E-state index in [0.717, 1.165) is 54.7 Å². The van der Waals surface area contributed by atoms with Crippen molar-refractivity contribution in [2.75, 3.05) is 25.5 Å². The Morgan fingerprint density at radius 3 is 2.57 bits per heavy atom. The molecule has 0 bridgehead atoms. The van der Waals surface area contributed by atoms with Crippen LogP contribution in [0.1, 0.15) is 48.4 Å². The molecular weight excluding hydrogens is 382 g/mol. The highest BCUT2D eigenvalue weighted by atomic mass is 16.6. The lowest BCUT2D eigenvalue weighted by molar-refractivity contribution is -0.384. The minimum Gasteiger partial charge on any atom is -0.497 e. The number of carbonyl (C=O) groups is 1. The zero-order valence-corrected chi connectivity index (χ0v) is 17.8. The smallest absolute Gasteiger partial charge is 0.293 e.